The quantitative estimate of drug-likeness (QED) is 0.851. The standard InChI is InChI=1S/C15H24N2O2/c1-6-19-13-11(8-7-9-12(13)16)14(18)17(5)10-15(2,3)4/h7-9H,6,10,16H2,1-5H3. The van der Waals surface area contributed by atoms with Gasteiger partial charge in [-0.15, -0.1) is 0 Å². The summed E-state index contributed by atoms with van der Waals surface area (Å²) in [6.45, 7) is 9.32. The van der Waals surface area contributed by atoms with Crippen LogP contribution >= 0.6 is 0 Å². The number of nitrogens with zero attached hydrogens (tertiary/aromatic N) is 1. The van der Waals surface area contributed by atoms with E-state index in [4.69, 9.17) is 10.5 Å². The predicted molar refractivity (Wildman–Crippen MR) is 78.4 cm³/mol. The minimum absolute atomic E-state index is 0.0521. The van der Waals surface area contributed by atoms with Crippen molar-refractivity contribution in [3.63, 3.8) is 0 Å². The summed E-state index contributed by atoms with van der Waals surface area (Å²) >= 11 is 0. The maximum atomic E-state index is 12.5. The number of nitrogens with two attached hydrogens (primary N) is 1. The van der Waals surface area contributed by atoms with Crippen molar-refractivity contribution in [2.75, 3.05) is 25.9 Å². The fourth-order valence-electron chi connectivity index (χ4n) is 2.02. The Morgan fingerprint density at radius 2 is 2.00 bits per heavy atom. The van der Waals surface area contributed by atoms with E-state index in [9.17, 15) is 4.79 Å². The smallest absolute Gasteiger partial charge is 0.257 e. The third kappa shape index (κ3) is 4.16. The molecule has 0 aliphatic heterocycles. The number of nitrogen functional groups attached to an aromatic ring is 1. The fourth-order valence-corrected chi connectivity index (χ4v) is 2.02. The molecule has 4 nitrogen and oxygen atoms in total. The number of hydrogen-bond acceptors (Lipinski definition) is 3. The van der Waals surface area contributed by atoms with Gasteiger partial charge in [0.15, 0.2) is 5.75 Å². The molecule has 1 aromatic rings. The van der Waals surface area contributed by atoms with Crippen LogP contribution in [0.15, 0.2) is 18.2 Å². The van der Waals surface area contributed by atoms with Gasteiger partial charge in [-0.1, -0.05) is 26.8 Å². The molecule has 1 rings (SSSR count). The first-order valence-electron chi connectivity index (χ1n) is 6.53. The summed E-state index contributed by atoms with van der Waals surface area (Å²) in [5.74, 6) is 0.418. The summed E-state index contributed by atoms with van der Waals surface area (Å²) in [6, 6.07) is 5.27. The zero-order valence-electron chi connectivity index (χ0n) is 12.5. The Hall–Kier alpha value is -1.71. The number of ether oxygens (including phenoxy) is 1. The van der Waals surface area contributed by atoms with E-state index in [-0.39, 0.29) is 11.3 Å². The molecule has 2 N–H and O–H groups in total. The zero-order chi connectivity index (χ0) is 14.6. The summed E-state index contributed by atoms with van der Waals surface area (Å²) < 4.78 is 5.50. The first-order chi connectivity index (χ1) is 8.76. The van der Waals surface area contributed by atoms with E-state index in [1.165, 1.54) is 0 Å². The minimum atomic E-state index is -0.0642. The van der Waals surface area contributed by atoms with Crippen LogP contribution < -0.4 is 10.5 Å². The van der Waals surface area contributed by atoms with E-state index >= 15 is 0 Å². The van der Waals surface area contributed by atoms with Crippen molar-refractivity contribution >= 4 is 11.6 Å². The van der Waals surface area contributed by atoms with Gasteiger partial charge in [0.1, 0.15) is 0 Å². The van der Waals surface area contributed by atoms with Crippen molar-refractivity contribution in [1.29, 1.82) is 0 Å². The van der Waals surface area contributed by atoms with Crippen LogP contribution in [0.1, 0.15) is 38.1 Å². The average molecular weight is 264 g/mol. The van der Waals surface area contributed by atoms with E-state index < -0.39 is 0 Å². The summed E-state index contributed by atoms with van der Waals surface area (Å²) in [7, 11) is 1.80. The van der Waals surface area contributed by atoms with Gasteiger partial charge in [0.05, 0.1) is 17.9 Å². The van der Waals surface area contributed by atoms with Crippen molar-refractivity contribution in [3.05, 3.63) is 23.8 Å². The highest BCUT2D eigenvalue weighted by Gasteiger charge is 2.22. The molecule has 0 unspecified atom stereocenters. The summed E-state index contributed by atoms with van der Waals surface area (Å²) in [6.07, 6.45) is 0. The third-order valence-electron chi connectivity index (χ3n) is 2.62. The van der Waals surface area contributed by atoms with Crippen LogP contribution in [0.4, 0.5) is 5.69 Å². The maximum Gasteiger partial charge on any atom is 0.257 e. The fraction of sp³-hybridized carbons (Fsp3) is 0.533. The topological polar surface area (TPSA) is 55.6 Å². The molecular formula is C15H24N2O2. The van der Waals surface area contributed by atoms with Gasteiger partial charge in [0, 0.05) is 13.6 Å². The van der Waals surface area contributed by atoms with Crippen LogP contribution in [-0.2, 0) is 0 Å². The monoisotopic (exact) mass is 264 g/mol. The molecule has 4 heteroatoms. The highest BCUT2D eigenvalue weighted by atomic mass is 16.5. The van der Waals surface area contributed by atoms with Crippen LogP contribution in [0, 0.1) is 5.41 Å². The predicted octanol–water partition coefficient (Wildman–Crippen LogP) is 2.79. The Morgan fingerprint density at radius 3 is 2.53 bits per heavy atom. The highest BCUT2D eigenvalue weighted by Crippen LogP contribution is 2.28. The molecule has 0 bridgehead atoms. The van der Waals surface area contributed by atoms with E-state index in [2.05, 4.69) is 20.8 Å². The molecular weight excluding hydrogens is 240 g/mol. The lowest BCUT2D eigenvalue weighted by Gasteiger charge is -2.27. The van der Waals surface area contributed by atoms with Crippen molar-refractivity contribution in [2.45, 2.75) is 27.7 Å². The SMILES string of the molecule is CCOc1c(N)cccc1C(=O)N(C)CC(C)(C)C. The van der Waals surface area contributed by atoms with Gasteiger partial charge in [0.25, 0.3) is 5.91 Å². The molecule has 1 amide bonds. The summed E-state index contributed by atoms with van der Waals surface area (Å²) in [4.78, 5) is 14.2. The van der Waals surface area contributed by atoms with E-state index in [0.717, 1.165) is 0 Å². The van der Waals surface area contributed by atoms with Crippen molar-refractivity contribution in [3.8, 4) is 5.75 Å². The molecule has 0 saturated heterocycles. The second-order valence-electron chi connectivity index (χ2n) is 5.88. The Balaban J connectivity index is 3.02. The summed E-state index contributed by atoms with van der Waals surface area (Å²) in [5.41, 5.74) is 6.95. The van der Waals surface area contributed by atoms with Gasteiger partial charge in [-0.25, -0.2) is 0 Å². The molecule has 0 aliphatic carbocycles. The Labute approximate surface area is 115 Å². The average Bonchev–Trinajstić information content (AvgIpc) is 2.29. The molecule has 0 spiro atoms. The third-order valence-corrected chi connectivity index (χ3v) is 2.62. The molecule has 19 heavy (non-hydrogen) atoms. The number of benzene rings is 1. The minimum Gasteiger partial charge on any atom is -0.491 e. The maximum absolute atomic E-state index is 12.5. The number of para-hydroxylation sites is 1. The molecule has 0 fully saturated rings. The van der Waals surface area contributed by atoms with Crippen LogP contribution in [0.3, 0.4) is 0 Å². The highest BCUT2D eigenvalue weighted by molar-refractivity contribution is 5.98. The van der Waals surface area contributed by atoms with Crippen LogP contribution in [0.25, 0.3) is 0 Å². The van der Waals surface area contributed by atoms with E-state index in [1.807, 2.05) is 6.92 Å². The Morgan fingerprint density at radius 1 is 1.37 bits per heavy atom. The number of amides is 1. The number of anilines is 1. The molecule has 0 aliphatic rings. The van der Waals surface area contributed by atoms with E-state index in [1.54, 1.807) is 30.1 Å². The van der Waals surface area contributed by atoms with E-state index in [0.29, 0.717) is 30.2 Å². The van der Waals surface area contributed by atoms with Crippen LogP contribution in [0.5, 0.6) is 5.75 Å². The first kappa shape index (κ1) is 15.3. The van der Waals surface area contributed by atoms with Gasteiger partial charge >= 0.3 is 0 Å². The first-order valence-corrected chi connectivity index (χ1v) is 6.53. The summed E-state index contributed by atoms with van der Waals surface area (Å²) in [5, 5.41) is 0. The Bertz CT molecular complexity index is 450. The van der Waals surface area contributed by atoms with Gasteiger partial charge in [0.2, 0.25) is 0 Å². The molecule has 106 valence electrons. The second-order valence-corrected chi connectivity index (χ2v) is 5.88. The zero-order valence-corrected chi connectivity index (χ0v) is 12.5. The number of rotatable bonds is 4. The molecule has 1 aromatic carbocycles. The lowest BCUT2D eigenvalue weighted by Crippen LogP contribution is -2.34. The van der Waals surface area contributed by atoms with Gasteiger partial charge in [-0.05, 0) is 24.5 Å². The lowest BCUT2D eigenvalue weighted by molar-refractivity contribution is 0.0741. The lowest BCUT2D eigenvalue weighted by atomic mass is 9.96. The van der Waals surface area contributed by atoms with Crippen molar-refractivity contribution in [2.24, 2.45) is 5.41 Å². The number of carbonyl (C=O) groups is 1. The van der Waals surface area contributed by atoms with Crippen molar-refractivity contribution < 1.29 is 9.53 Å². The van der Waals surface area contributed by atoms with Gasteiger partial charge in [-0.3, -0.25) is 4.79 Å². The van der Waals surface area contributed by atoms with Gasteiger partial charge < -0.3 is 15.4 Å². The number of carbonyl (C=O) groups excluding carboxylic acids is 1. The van der Waals surface area contributed by atoms with Gasteiger partial charge in [-0.2, -0.15) is 0 Å². The molecule has 0 radical (unpaired) electrons. The number of hydrogen-bond donors (Lipinski definition) is 1. The molecule has 0 saturated carbocycles. The van der Waals surface area contributed by atoms with Crippen molar-refractivity contribution in [1.82, 2.24) is 4.90 Å². The molecule has 0 atom stereocenters. The van der Waals surface area contributed by atoms with Crippen LogP contribution in [-0.4, -0.2) is 31.0 Å². The Kier molecular flexibility index (Phi) is 4.81. The molecule has 0 aromatic heterocycles. The largest absolute Gasteiger partial charge is 0.491 e. The normalized spacial score (nSPS) is 11.2. The molecule has 0 heterocycles. The van der Waals surface area contributed by atoms with Crippen LogP contribution in [0.2, 0.25) is 0 Å². The second kappa shape index (κ2) is 5.95.